The molecule has 2 aromatic carbocycles. The molecular weight excluding hydrogens is 383 g/mol. The second-order valence-electron chi connectivity index (χ2n) is 4.12. The number of hydrogen-bond donors (Lipinski definition) is 2. The van der Waals surface area contributed by atoms with E-state index in [1.54, 1.807) is 42.5 Å². The lowest BCUT2D eigenvalue weighted by atomic mass is 10.2. The molecule has 0 aliphatic heterocycles. The highest BCUT2D eigenvalue weighted by molar-refractivity contribution is 14.1. The van der Waals surface area contributed by atoms with Crippen molar-refractivity contribution < 1.29 is 14.3 Å². The molecule has 2 amide bonds. The minimum Gasteiger partial charge on any atom is -0.496 e. The summed E-state index contributed by atoms with van der Waals surface area (Å²) in [7, 11) is 1.48. The van der Waals surface area contributed by atoms with E-state index in [2.05, 4.69) is 33.4 Å². The number of halogens is 1. The average Bonchev–Trinajstić information content (AvgIpc) is 2.52. The number of benzene rings is 2. The number of nitrogens with one attached hydrogen (secondary N) is 2. The number of methoxy groups -OCH3 is 1. The van der Waals surface area contributed by atoms with Crippen molar-refractivity contribution in [3.8, 4) is 5.75 Å². The van der Waals surface area contributed by atoms with Crippen LogP contribution in [0.15, 0.2) is 48.5 Å². The highest BCUT2D eigenvalue weighted by Crippen LogP contribution is 2.16. The van der Waals surface area contributed by atoms with Gasteiger partial charge in [-0.2, -0.15) is 0 Å². The Balaban J connectivity index is 2.02. The first-order valence-electron chi connectivity index (χ1n) is 6.11. The van der Waals surface area contributed by atoms with Crippen molar-refractivity contribution in [2.75, 3.05) is 7.11 Å². The van der Waals surface area contributed by atoms with Gasteiger partial charge >= 0.3 is 0 Å². The Kier molecular flexibility index (Phi) is 5.15. The van der Waals surface area contributed by atoms with Crippen molar-refractivity contribution in [3.05, 3.63) is 63.2 Å². The molecule has 0 spiro atoms. The van der Waals surface area contributed by atoms with Crippen LogP contribution in [0.25, 0.3) is 0 Å². The summed E-state index contributed by atoms with van der Waals surface area (Å²) < 4.78 is 6.04. The maximum absolute atomic E-state index is 12.0. The van der Waals surface area contributed by atoms with Crippen molar-refractivity contribution in [1.82, 2.24) is 10.9 Å². The third-order valence-electron chi connectivity index (χ3n) is 2.73. The molecule has 0 saturated heterocycles. The highest BCUT2D eigenvalue weighted by atomic mass is 127. The summed E-state index contributed by atoms with van der Waals surface area (Å²) in [4.78, 5) is 23.9. The van der Waals surface area contributed by atoms with Gasteiger partial charge in [0.05, 0.1) is 12.7 Å². The van der Waals surface area contributed by atoms with Gasteiger partial charge in [-0.15, -0.1) is 0 Å². The maximum atomic E-state index is 12.0. The minimum atomic E-state index is -0.438. The number of amides is 2. The Labute approximate surface area is 135 Å². The van der Waals surface area contributed by atoms with E-state index in [1.807, 2.05) is 6.07 Å². The quantitative estimate of drug-likeness (QED) is 0.619. The molecule has 2 N–H and O–H groups in total. The van der Waals surface area contributed by atoms with Crippen LogP contribution in [0.4, 0.5) is 0 Å². The van der Waals surface area contributed by atoms with Gasteiger partial charge in [-0.05, 0) is 52.9 Å². The molecule has 0 bridgehead atoms. The highest BCUT2D eigenvalue weighted by Gasteiger charge is 2.12. The van der Waals surface area contributed by atoms with E-state index < -0.39 is 5.91 Å². The number of hydrogen-bond acceptors (Lipinski definition) is 3. The molecule has 0 saturated carbocycles. The van der Waals surface area contributed by atoms with Crippen LogP contribution in [0.3, 0.4) is 0 Å². The van der Waals surface area contributed by atoms with E-state index in [-0.39, 0.29) is 5.91 Å². The molecule has 0 heterocycles. The van der Waals surface area contributed by atoms with Crippen LogP contribution >= 0.6 is 22.6 Å². The molecule has 0 atom stereocenters. The molecule has 0 unspecified atom stereocenters. The number of rotatable bonds is 3. The van der Waals surface area contributed by atoms with Crippen LogP contribution in [0, 0.1) is 3.57 Å². The van der Waals surface area contributed by atoms with Crippen molar-refractivity contribution in [3.63, 3.8) is 0 Å². The Hall–Kier alpha value is -2.09. The van der Waals surface area contributed by atoms with Crippen LogP contribution in [-0.4, -0.2) is 18.9 Å². The number of carbonyl (C=O) groups excluding carboxylic acids is 2. The lowest BCUT2D eigenvalue weighted by Crippen LogP contribution is -2.41. The maximum Gasteiger partial charge on any atom is 0.273 e. The Bertz CT molecular complexity index is 673. The fourth-order valence-corrected chi connectivity index (χ4v) is 2.26. The van der Waals surface area contributed by atoms with Crippen molar-refractivity contribution >= 4 is 34.4 Å². The van der Waals surface area contributed by atoms with Crippen molar-refractivity contribution in [2.45, 2.75) is 0 Å². The van der Waals surface area contributed by atoms with Gasteiger partial charge in [0.25, 0.3) is 11.8 Å². The summed E-state index contributed by atoms with van der Waals surface area (Å²) in [5, 5.41) is 0. The van der Waals surface area contributed by atoms with Gasteiger partial charge in [0.1, 0.15) is 5.75 Å². The largest absolute Gasteiger partial charge is 0.496 e. The molecule has 2 rings (SSSR count). The molecule has 6 heteroatoms. The van der Waals surface area contributed by atoms with Crippen molar-refractivity contribution in [1.29, 1.82) is 0 Å². The van der Waals surface area contributed by atoms with E-state index in [0.29, 0.717) is 16.9 Å². The first kappa shape index (κ1) is 15.3. The molecule has 108 valence electrons. The monoisotopic (exact) mass is 396 g/mol. The molecule has 0 radical (unpaired) electrons. The van der Waals surface area contributed by atoms with E-state index in [1.165, 1.54) is 7.11 Å². The molecule has 21 heavy (non-hydrogen) atoms. The van der Waals surface area contributed by atoms with Gasteiger partial charge < -0.3 is 4.74 Å². The normalized spacial score (nSPS) is 9.81. The third-order valence-corrected chi connectivity index (χ3v) is 3.40. The summed E-state index contributed by atoms with van der Waals surface area (Å²) in [5.41, 5.74) is 5.57. The SMILES string of the molecule is COc1ccccc1C(=O)NNC(=O)c1cccc(I)c1. The molecule has 0 aromatic heterocycles. The van der Waals surface area contributed by atoms with Gasteiger partial charge in [-0.1, -0.05) is 18.2 Å². The number of para-hydroxylation sites is 1. The zero-order valence-corrected chi connectivity index (χ0v) is 13.4. The standard InChI is InChI=1S/C15H13IN2O3/c1-21-13-8-3-2-7-12(13)15(20)18-17-14(19)10-5-4-6-11(16)9-10/h2-9H,1H3,(H,17,19)(H,18,20). The summed E-state index contributed by atoms with van der Waals surface area (Å²) in [6.45, 7) is 0. The molecule has 0 aliphatic carbocycles. The number of hydrazine groups is 1. The van der Waals surface area contributed by atoms with E-state index >= 15 is 0 Å². The fraction of sp³-hybridized carbons (Fsp3) is 0.0667. The zero-order valence-electron chi connectivity index (χ0n) is 11.2. The predicted molar refractivity (Wildman–Crippen MR) is 87.1 cm³/mol. The summed E-state index contributed by atoms with van der Waals surface area (Å²) >= 11 is 2.12. The molecule has 5 nitrogen and oxygen atoms in total. The average molecular weight is 396 g/mol. The summed E-state index contributed by atoms with van der Waals surface area (Å²) in [5.74, 6) is -0.373. The number of carbonyl (C=O) groups is 2. The van der Waals surface area contributed by atoms with Crippen LogP contribution in [0.5, 0.6) is 5.75 Å². The zero-order chi connectivity index (χ0) is 15.2. The second-order valence-corrected chi connectivity index (χ2v) is 5.36. The number of ether oxygens (including phenoxy) is 1. The Morgan fingerprint density at radius 2 is 1.71 bits per heavy atom. The van der Waals surface area contributed by atoms with Gasteiger partial charge in [0.2, 0.25) is 0 Å². The van der Waals surface area contributed by atoms with E-state index in [9.17, 15) is 9.59 Å². The topological polar surface area (TPSA) is 67.4 Å². The van der Waals surface area contributed by atoms with Crippen molar-refractivity contribution in [2.24, 2.45) is 0 Å². The van der Waals surface area contributed by atoms with Gasteiger partial charge in [0, 0.05) is 9.13 Å². The lowest BCUT2D eigenvalue weighted by Gasteiger charge is -2.10. The second kappa shape index (κ2) is 7.07. The molecule has 0 fully saturated rings. The van der Waals surface area contributed by atoms with Crippen LogP contribution in [-0.2, 0) is 0 Å². The lowest BCUT2D eigenvalue weighted by molar-refractivity contribution is 0.0845. The summed E-state index contributed by atoms with van der Waals surface area (Å²) in [6.07, 6.45) is 0. The fourth-order valence-electron chi connectivity index (χ4n) is 1.71. The first-order valence-corrected chi connectivity index (χ1v) is 7.19. The predicted octanol–water partition coefficient (Wildman–Crippen LogP) is 2.37. The van der Waals surface area contributed by atoms with E-state index in [0.717, 1.165) is 3.57 Å². The van der Waals surface area contributed by atoms with Crippen LogP contribution in [0.2, 0.25) is 0 Å². The van der Waals surface area contributed by atoms with Gasteiger partial charge in [-0.3, -0.25) is 20.4 Å². The third kappa shape index (κ3) is 3.94. The molecule has 2 aromatic rings. The molecule has 0 aliphatic rings. The van der Waals surface area contributed by atoms with Crippen LogP contribution < -0.4 is 15.6 Å². The molecular formula is C15H13IN2O3. The van der Waals surface area contributed by atoms with E-state index in [4.69, 9.17) is 4.74 Å². The van der Waals surface area contributed by atoms with Gasteiger partial charge in [0.15, 0.2) is 0 Å². The summed E-state index contributed by atoms with van der Waals surface area (Å²) in [6, 6.07) is 13.8. The minimum absolute atomic E-state index is 0.350. The Morgan fingerprint density at radius 3 is 2.43 bits per heavy atom. The Morgan fingerprint density at radius 1 is 1.00 bits per heavy atom. The first-order chi connectivity index (χ1) is 10.1. The van der Waals surface area contributed by atoms with Crippen LogP contribution in [0.1, 0.15) is 20.7 Å². The van der Waals surface area contributed by atoms with Gasteiger partial charge in [-0.25, -0.2) is 0 Å². The smallest absolute Gasteiger partial charge is 0.273 e.